The van der Waals surface area contributed by atoms with Crippen molar-refractivity contribution in [3.05, 3.63) is 65.5 Å². The molecule has 3 nitrogen and oxygen atoms in total. The number of ether oxygens (including phenoxy) is 1. The molecule has 9 heteroatoms. The van der Waals surface area contributed by atoms with Gasteiger partial charge in [0.2, 0.25) is 0 Å². The molecule has 0 N–H and O–H groups in total. The average molecular weight is 395 g/mol. The first-order chi connectivity index (χ1) is 11.5. The maximum Gasteiger partial charge on any atom is 0.501 e. The van der Waals surface area contributed by atoms with Crippen LogP contribution < -0.4 is 4.74 Å². The zero-order valence-electron chi connectivity index (χ0n) is 12.5. The van der Waals surface area contributed by atoms with Crippen molar-refractivity contribution in [1.29, 1.82) is 0 Å². The van der Waals surface area contributed by atoms with E-state index in [-0.39, 0.29) is 28.5 Å². The Bertz CT molecular complexity index is 888. The maximum atomic E-state index is 13.3. The predicted octanol–water partition coefficient (Wildman–Crippen LogP) is 5.29. The zero-order valence-corrected chi connectivity index (χ0v) is 14.1. The van der Waals surface area contributed by atoms with E-state index in [9.17, 15) is 26.0 Å². The van der Waals surface area contributed by atoms with E-state index in [0.29, 0.717) is 0 Å². The molecule has 0 aliphatic rings. The highest BCUT2D eigenvalue weighted by Gasteiger charge is 2.47. The van der Waals surface area contributed by atoms with Gasteiger partial charge in [0.25, 0.3) is 9.84 Å². The monoisotopic (exact) mass is 394 g/mol. The Morgan fingerprint density at radius 1 is 1.16 bits per heavy atom. The van der Waals surface area contributed by atoms with Crippen LogP contribution >= 0.6 is 11.6 Å². The van der Waals surface area contributed by atoms with Crippen LogP contribution in [0.4, 0.5) is 17.6 Å². The Labute approximate surface area is 146 Å². The summed E-state index contributed by atoms with van der Waals surface area (Å²) in [6.07, 6.45) is 1.41. The summed E-state index contributed by atoms with van der Waals surface area (Å²) in [6, 6.07) is 6.08. The quantitative estimate of drug-likeness (QED) is 0.511. The Balaban J connectivity index is 2.48. The van der Waals surface area contributed by atoms with E-state index in [2.05, 4.69) is 6.58 Å². The minimum absolute atomic E-state index is 0.0155. The summed E-state index contributed by atoms with van der Waals surface area (Å²) in [7, 11) is -5.49. The van der Waals surface area contributed by atoms with E-state index in [1.807, 2.05) is 0 Å². The van der Waals surface area contributed by atoms with E-state index in [1.165, 1.54) is 12.1 Å². The van der Waals surface area contributed by atoms with Crippen molar-refractivity contribution in [1.82, 2.24) is 0 Å². The van der Waals surface area contributed by atoms with E-state index < -0.39 is 26.1 Å². The summed E-state index contributed by atoms with van der Waals surface area (Å²) in [4.78, 5) is -0.915. The summed E-state index contributed by atoms with van der Waals surface area (Å²) < 4.78 is 79.8. The Hall–Kier alpha value is -2.06. The van der Waals surface area contributed by atoms with E-state index >= 15 is 0 Å². The zero-order chi connectivity index (χ0) is 18.8. The number of allylic oxidation sites excluding steroid dienone is 1. The Kier molecular flexibility index (Phi) is 5.43. The molecule has 0 aromatic heterocycles. The molecule has 2 rings (SSSR count). The van der Waals surface area contributed by atoms with Crippen molar-refractivity contribution in [2.75, 3.05) is 0 Å². The SMILES string of the molecule is C=CCc1cc(S(=O)(=O)C(F)(F)F)ccc1Oc1cc(F)cc(Cl)c1. The van der Waals surface area contributed by atoms with Crippen LogP contribution in [0, 0.1) is 5.82 Å². The van der Waals surface area contributed by atoms with Crippen LogP contribution in [0.2, 0.25) is 5.02 Å². The highest BCUT2D eigenvalue weighted by atomic mass is 35.5. The highest BCUT2D eigenvalue weighted by molar-refractivity contribution is 7.92. The van der Waals surface area contributed by atoms with Crippen LogP contribution in [0.3, 0.4) is 0 Å². The van der Waals surface area contributed by atoms with Gasteiger partial charge >= 0.3 is 5.51 Å². The van der Waals surface area contributed by atoms with Crippen LogP contribution in [-0.2, 0) is 16.3 Å². The second-order valence-corrected chi connectivity index (χ2v) is 7.30. The number of rotatable bonds is 5. The van der Waals surface area contributed by atoms with Crippen molar-refractivity contribution in [2.45, 2.75) is 16.8 Å². The smallest absolute Gasteiger partial charge is 0.457 e. The van der Waals surface area contributed by atoms with Gasteiger partial charge in [-0.15, -0.1) is 6.58 Å². The normalized spacial score (nSPS) is 12.0. The number of alkyl halides is 3. The summed E-state index contributed by atoms with van der Waals surface area (Å²) in [6.45, 7) is 3.46. The average Bonchev–Trinajstić information content (AvgIpc) is 2.47. The van der Waals surface area contributed by atoms with Crippen molar-refractivity contribution in [3.63, 3.8) is 0 Å². The number of hydrogen-bond acceptors (Lipinski definition) is 3. The maximum absolute atomic E-state index is 13.3. The van der Waals surface area contributed by atoms with E-state index in [1.54, 1.807) is 0 Å². The summed E-state index contributed by atoms with van der Waals surface area (Å²) in [5, 5.41) is 0.0662. The number of sulfone groups is 1. The number of benzene rings is 2. The fourth-order valence-corrected chi connectivity index (χ4v) is 3.01. The molecule has 0 aliphatic carbocycles. The van der Waals surface area contributed by atoms with Crippen LogP contribution in [0.15, 0.2) is 53.9 Å². The summed E-state index contributed by atoms with van der Waals surface area (Å²) in [5.74, 6) is -0.589. The fourth-order valence-electron chi connectivity index (χ4n) is 1.99. The van der Waals surface area contributed by atoms with Gasteiger partial charge in [-0.3, -0.25) is 0 Å². The molecule has 0 heterocycles. The molecule has 0 saturated carbocycles. The van der Waals surface area contributed by atoms with Gasteiger partial charge < -0.3 is 4.74 Å². The standard InChI is InChI=1S/C16H11ClF4O3S/c1-2-3-10-6-14(25(22,23)16(19,20)21)4-5-15(10)24-13-8-11(17)7-12(18)9-13/h2,4-9H,1,3H2. The molecule has 0 atom stereocenters. The van der Waals surface area contributed by atoms with Gasteiger partial charge in [-0.05, 0) is 42.3 Å². The molecule has 0 bridgehead atoms. The van der Waals surface area contributed by atoms with Gasteiger partial charge in [0.15, 0.2) is 0 Å². The molecule has 0 spiro atoms. The molecule has 0 aliphatic heterocycles. The topological polar surface area (TPSA) is 43.4 Å². The van der Waals surface area contributed by atoms with Gasteiger partial charge in [-0.25, -0.2) is 12.8 Å². The summed E-state index contributed by atoms with van der Waals surface area (Å²) >= 11 is 5.71. The van der Waals surface area contributed by atoms with Crippen molar-refractivity contribution in [2.24, 2.45) is 0 Å². The van der Waals surface area contributed by atoms with E-state index in [4.69, 9.17) is 16.3 Å². The van der Waals surface area contributed by atoms with Crippen molar-refractivity contribution in [3.8, 4) is 11.5 Å². The third kappa shape index (κ3) is 4.32. The molecule has 2 aromatic carbocycles. The lowest BCUT2D eigenvalue weighted by Crippen LogP contribution is -2.23. The second-order valence-electron chi connectivity index (χ2n) is 4.92. The first-order valence-electron chi connectivity index (χ1n) is 6.73. The molecule has 0 radical (unpaired) electrons. The minimum Gasteiger partial charge on any atom is -0.457 e. The molecule has 0 fully saturated rings. The highest BCUT2D eigenvalue weighted by Crippen LogP contribution is 2.35. The largest absolute Gasteiger partial charge is 0.501 e. The fraction of sp³-hybridized carbons (Fsp3) is 0.125. The minimum atomic E-state index is -5.49. The number of hydrogen-bond donors (Lipinski definition) is 0. The van der Waals surface area contributed by atoms with Gasteiger partial charge in [0, 0.05) is 11.1 Å². The third-order valence-corrected chi connectivity index (χ3v) is 4.78. The van der Waals surface area contributed by atoms with Crippen LogP contribution in [-0.4, -0.2) is 13.9 Å². The van der Waals surface area contributed by atoms with Gasteiger partial charge in [-0.2, -0.15) is 13.2 Å². The first-order valence-corrected chi connectivity index (χ1v) is 8.60. The lowest BCUT2D eigenvalue weighted by atomic mass is 10.1. The summed E-state index contributed by atoms with van der Waals surface area (Å²) in [5.41, 5.74) is -5.28. The number of halogens is 5. The lowest BCUT2D eigenvalue weighted by Gasteiger charge is -2.14. The molecular formula is C16H11ClF4O3S. The third-order valence-electron chi connectivity index (χ3n) is 3.08. The predicted molar refractivity (Wildman–Crippen MR) is 85.1 cm³/mol. The molecule has 2 aromatic rings. The molecule has 134 valence electrons. The van der Waals surface area contributed by atoms with Gasteiger partial charge in [0.1, 0.15) is 17.3 Å². The molecule has 0 saturated heterocycles. The Morgan fingerprint density at radius 2 is 1.84 bits per heavy atom. The molecule has 25 heavy (non-hydrogen) atoms. The molecular weight excluding hydrogens is 384 g/mol. The van der Waals surface area contributed by atoms with Crippen molar-refractivity contribution >= 4 is 21.4 Å². The van der Waals surface area contributed by atoms with Gasteiger partial charge in [-0.1, -0.05) is 17.7 Å². The van der Waals surface area contributed by atoms with Crippen LogP contribution in [0.1, 0.15) is 5.56 Å². The second kappa shape index (κ2) is 7.05. The first kappa shape index (κ1) is 19.3. The van der Waals surface area contributed by atoms with Crippen LogP contribution in [0.5, 0.6) is 11.5 Å². The van der Waals surface area contributed by atoms with E-state index in [0.717, 1.165) is 30.3 Å². The molecule has 0 amide bonds. The molecule has 0 unspecified atom stereocenters. The van der Waals surface area contributed by atoms with Gasteiger partial charge in [0.05, 0.1) is 4.90 Å². The Morgan fingerprint density at radius 3 is 2.40 bits per heavy atom. The van der Waals surface area contributed by atoms with Crippen molar-refractivity contribution < 1.29 is 30.7 Å². The lowest BCUT2D eigenvalue weighted by molar-refractivity contribution is -0.0436. The van der Waals surface area contributed by atoms with Crippen LogP contribution in [0.25, 0.3) is 0 Å².